The third kappa shape index (κ3) is 3.85. The van der Waals surface area contributed by atoms with Crippen LogP contribution in [0.5, 0.6) is 0 Å². The lowest BCUT2D eigenvalue weighted by Gasteiger charge is -2.46. The highest BCUT2D eigenvalue weighted by Gasteiger charge is 2.41. The third-order valence-corrected chi connectivity index (χ3v) is 6.71. The second-order valence-electron chi connectivity index (χ2n) is 8.66. The molecule has 2 aliphatic heterocycles. The molecule has 28 heavy (non-hydrogen) atoms. The van der Waals surface area contributed by atoms with E-state index in [1.807, 2.05) is 10.6 Å². The Hall–Kier alpha value is -2.15. The molecule has 4 rings (SSSR count). The molecule has 0 unspecified atom stereocenters. The number of hydrogen-bond acceptors (Lipinski definition) is 4. The molecule has 0 spiro atoms. The van der Waals surface area contributed by atoms with Crippen LogP contribution in [0.2, 0.25) is 0 Å². The smallest absolute Gasteiger partial charge is 0.251 e. The molecule has 1 aromatic heterocycles. The maximum atomic E-state index is 12.7. The van der Waals surface area contributed by atoms with Crippen molar-refractivity contribution in [1.29, 1.82) is 0 Å². The molecule has 3 N–H and O–H groups in total. The molecule has 2 fully saturated rings. The van der Waals surface area contributed by atoms with Crippen LogP contribution in [-0.4, -0.2) is 47.5 Å². The Labute approximate surface area is 165 Å². The number of amides is 2. The van der Waals surface area contributed by atoms with E-state index in [0.29, 0.717) is 6.54 Å². The van der Waals surface area contributed by atoms with Gasteiger partial charge in [0.1, 0.15) is 0 Å². The number of piperidine rings is 1. The summed E-state index contributed by atoms with van der Waals surface area (Å²) >= 11 is 0. The molecule has 1 aliphatic carbocycles. The fourth-order valence-corrected chi connectivity index (χ4v) is 5.46. The highest BCUT2D eigenvalue weighted by molar-refractivity contribution is 5.78. The van der Waals surface area contributed by atoms with Crippen molar-refractivity contribution in [2.24, 2.45) is 17.6 Å². The van der Waals surface area contributed by atoms with E-state index >= 15 is 0 Å². The number of carbonyl (C=O) groups excluding carboxylic acids is 2. The van der Waals surface area contributed by atoms with Crippen LogP contribution in [-0.2, 0) is 9.59 Å². The summed E-state index contributed by atoms with van der Waals surface area (Å²) in [6, 6.07) is 5.33. The number of primary amides is 1. The van der Waals surface area contributed by atoms with Crippen molar-refractivity contribution in [2.75, 3.05) is 26.2 Å². The zero-order chi connectivity index (χ0) is 19.7. The molecule has 3 atom stereocenters. The molecular formula is C21H30N4O3. The molecule has 152 valence electrons. The third-order valence-electron chi connectivity index (χ3n) is 6.71. The molecule has 2 amide bonds. The van der Waals surface area contributed by atoms with Crippen LogP contribution >= 0.6 is 0 Å². The minimum absolute atomic E-state index is 0.00698. The van der Waals surface area contributed by atoms with Crippen LogP contribution in [0.3, 0.4) is 0 Å². The number of nitrogens with zero attached hydrogens (tertiary/aromatic N) is 2. The fraction of sp³-hybridized carbons (Fsp3) is 0.667. The van der Waals surface area contributed by atoms with Crippen molar-refractivity contribution in [1.82, 2.24) is 14.8 Å². The van der Waals surface area contributed by atoms with Gasteiger partial charge in [0.15, 0.2) is 0 Å². The van der Waals surface area contributed by atoms with Crippen LogP contribution in [0.4, 0.5) is 0 Å². The monoisotopic (exact) mass is 386 g/mol. The largest absolute Gasteiger partial charge is 0.369 e. The normalized spacial score (nSPS) is 27.8. The van der Waals surface area contributed by atoms with E-state index in [0.717, 1.165) is 50.9 Å². The summed E-state index contributed by atoms with van der Waals surface area (Å²) in [7, 11) is 0. The number of aromatic nitrogens is 1. The predicted octanol–water partition coefficient (Wildman–Crippen LogP) is 0.990. The van der Waals surface area contributed by atoms with E-state index in [-0.39, 0.29) is 47.7 Å². The number of nitrogens with two attached hydrogens (primary N) is 1. The zero-order valence-corrected chi connectivity index (χ0v) is 16.3. The van der Waals surface area contributed by atoms with Gasteiger partial charge < -0.3 is 15.6 Å². The fourth-order valence-electron chi connectivity index (χ4n) is 5.46. The maximum Gasteiger partial charge on any atom is 0.251 e. The Bertz CT molecular complexity index is 799. The minimum Gasteiger partial charge on any atom is -0.369 e. The van der Waals surface area contributed by atoms with Crippen molar-refractivity contribution < 1.29 is 9.59 Å². The van der Waals surface area contributed by atoms with E-state index in [1.54, 1.807) is 12.1 Å². The van der Waals surface area contributed by atoms with E-state index in [2.05, 4.69) is 10.2 Å². The van der Waals surface area contributed by atoms with Gasteiger partial charge in [0, 0.05) is 43.2 Å². The number of fused-ring (bicyclic) bond motifs is 4. The highest BCUT2D eigenvalue weighted by atomic mass is 16.2. The van der Waals surface area contributed by atoms with Gasteiger partial charge in [-0.2, -0.15) is 0 Å². The van der Waals surface area contributed by atoms with Crippen LogP contribution in [0.1, 0.15) is 56.2 Å². The van der Waals surface area contributed by atoms with Crippen molar-refractivity contribution in [3.63, 3.8) is 0 Å². The van der Waals surface area contributed by atoms with Gasteiger partial charge in [-0.25, -0.2) is 0 Å². The molecular weight excluding hydrogens is 356 g/mol. The Morgan fingerprint density at radius 2 is 1.93 bits per heavy atom. The molecule has 1 saturated carbocycles. The standard InChI is InChI=1S/C21H30N4O3/c22-19(26)13-24-11-15-9-16(12-24)18(25-17(15)7-4-8-20(25)27)10-23-21(28)14-5-2-1-3-6-14/h4,7-8,14-16,18H,1-3,5-6,9-13H2,(H2,22,26)(H,23,28)/t15-,16+,18+/m1/s1. The summed E-state index contributed by atoms with van der Waals surface area (Å²) in [4.78, 5) is 38.8. The molecule has 0 aromatic carbocycles. The maximum absolute atomic E-state index is 12.7. The first-order valence-corrected chi connectivity index (χ1v) is 10.5. The Morgan fingerprint density at radius 3 is 2.68 bits per heavy atom. The van der Waals surface area contributed by atoms with E-state index in [9.17, 15) is 14.4 Å². The lowest BCUT2D eigenvalue weighted by molar-refractivity contribution is -0.126. The summed E-state index contributed by atoms with van der Waals surface area (Å²) in [6.07, 6.45) is 6.36. The van der Waals surface area contributed by atoms with Crippen molar-refractivity contribution >= 4 is 11.8 Å². The van der Waals surface area contributed by atoms with Crippen LogP contribution in [0.15, 0.2) is 23.0 Å². The minimum atomic E-state index is -0.326. The van der Waals surface area contributed by atoms with Gasteiger partial charge in [-0.05, 0) is 31.2 Å². The van der Waals surface area contributed by atoms with Gasteiger partial charge in [-0.1, -0.05) is 25.3 Å². The van der Waals surface area contributed by atoms with Gasteiger partial charge >= 0.3 is 0 Å². The first kappa shape index (κ1) is 19.2. The zero-order valence-electron chi connectivity index (χ0n) is 16.3. The van der Waals surface area contributed by atoms with Gasteiger partial charge in [0.2, 0.25) is 11.8 Å². The van der Waals surface area contributed by atoms with Crippen molar-refractivity contribution in [2.45, 2.75) is 50.5 Å². The van der Waals surface area contributed by atoms with Crippen molar-refractivity contribution in [3.8, 4) is 0 Å². The summed E-state index contributed by atoms with van der Waals surface area (Å²) in [6.45, 7) is 2.17. The van der Waals surface area contributed by atoms with Crippen LogP contribution < -0.4 is 16.6 Å². The summed E-state index contributed by atoms with van der Waals surface area (Å²) in [5.74, 6) is 0.342. The number of carbonyl (C=O) groups is 2. The number of hydrogen-bond donors (Lipinski definition) is 2. The molecule has 1 saturated heterocycles. The molecule has 7 heteroatoms. The SMILES string of the molecule is NC(=O)CN1C[C@H]2C[C@@H](C1)[C@H](CNC(=O)C1CCCCC1)n1c2cccc1=O. The first-order chi connectivity index (χ1) is 13.5. The molecule has 3 heterocycles. The van der Waals surface area contributed by atoms with Crippen molar-refractivity contribution in [3.05, 3.63) is 34.2 Å². The average molecular weight is 386 g/mol. The second kappa shape index (κ2) is 8.07. The number of pyridine rings is 1. The van der Waals surface area contributed by atoms with E-state index < -0.39 is 0 Å². The lowest BCUT2D eigenvalue weighted by Crippen LogP contribution is -2.53. The predicted molar refractivity (Wildman–Crippen MR) is 106 cm³/mol. The Balaban J connectivity index is 1.54. The van der Waals surface area contributed by atoms with E-state index in [1.165, 1.54) is 6.42 Å². The molecule has 1 aromatic rings. The number of nitrogens with one attached hydrogen (secondary N) is 1. The molecule has 0 radical (unpaired) electrons. The Kier molecular flexibility index (Phi) is 5.53. The van der Waals surface area contributed by atoms with Gasteiger partial charge in [0.25, 0.3) is 5.56 Å². The summed E-state index contributed by atoms with van der Waals surface area (Å²) in [5.41, 5.74) is 6.42. The lowest BCUT2D eigenvalue weighted by atomic mass is 9.78. The summed E-state index contributed by atoms with van der Waals surface area (Å²) < 4.78 is 1.89. The quantitative estimate of drug-likeness (QED) is 0.789. The highest BCUT2D eigenvalue weighted by Crippen LogP contribution is 2.40. The van der Waals surface area contributed by atoms with Crippen LogP contribution in [0.25, 0.3) is 0 Å². The summed E-state index contributed by atoms with van der Waals surface area (Å²) in [5, 5.41) is 3.14. The van der Waals surface area contributed by atoms with Gasteiger partial charge in [-0.15, -0.1) is 0 Å². The van der Waals surface area contributed by atoms with Gasteiger partial charge in [-0.3, -0.25) is 19.3 Å². The molecule has 7 nitrogen and oxygen atoms in total. The Morgan fingerprint density at radius 1 is 1.14 bits per heavy atom. The first-order valence-electron chi connectivity index (χ1n) is 10.5. The number of rotatable bonds is 5. The number of likely N-dealkylation sites (tertiary alicyclic amines) is 1. The van der Waals surface area contributed by atoms with E-state index in [4.69, 9.17) is 5.73 Å². The average Bonchev–Trinajstić information content (AvgIpc) is 2.68. The second-order valence-corrected chi connectivity index (χ2v) is 8.66. The van der Waals surface area contributed by atoms with Gasteiger partial charge in [0.05, 0.1) is 12.6 Å². The van der Waals surface area contributed by atoms with Crippen LogP contribution in [0, 0.1) is 11.8 Å². The molecule has 3 aliphatic rings. The molecule has 2 bridgehead atoms. The topological polar surface area (TPSA) is 97.4 Å².